The first-order valence-corrected chi connectivity index (χ1v) is 5.64. The van der Waals surface area contributed by atoms with Crippen molar-refractivity contribution < 1.29 is 9.53 Å². The summed E-state index contributed by atoms with van der Waals surface area (Å²) >= 11 is 0. The van der Waals surface area contributed by atoms with Crippen molar-refractivity contribution in [1.29, 1.82) is 0 Å². The van der Waals surface area contributed by atoms with E-state index in [1.807, 2.05) is 6.20 Å². The highest BCUT2D eigenvalue weighted by Crippen LogP contribution is 2.20. The van der Waals surface area contributed by atoms with Crippen LogP contribution in [0.1, 0.15) is 13.3 Å². The molecule has 0 unspecified atom stereocenters. The van der Waals surface area contributed by atoms with E-state index in [0.717, 1.165) is 38.4 Å². The Morgan fingerprint density at radius 2 is 2.00 bits per heavy atom. The zero-order valence-corrected chi connectivity index (χ0v) is 9.90. The van der Waals surface area contributed by atoms with Crippen molar-refractivity contribution in [1.82, 2.24) is 9.80 Å². The maximum Gasteiger partial charge on any atom is 0.251 e. The SMILES string of the molecule is CC1=CN(C)C(=O)C=C(N2CCOCC2)C1. The lowest BCUT2D eigenvalue weighted by Gasteiger charge is -2.30. The Kier molecular flexibility index (Phi) is 3.29. The lowest BCUT2D eigenvalue weighted by molar-refractivity contribution is -0.122. The second kappa shape index (κ2) is 4.70. The third-order valence-electron chi connectivity index (χ3n) is 2.93. The third kappa shape index (κ3) is 2.44. The number of morpholine rings is 1. The predicted octanol–water partition coefficient (Wildman–Crippen LogP) is 0.968. The maximum absolute atomic E-state index is 11.8. The number of allylic oxidation sites excluding steroid dienone is 1. The van der Waals surface area contributed by atoms with Crippen LogP contribution in [0.15, 0.2) is 23.5 Å². The van der Waals surface area contributed by atoms with Gasteiger partial charge in [-0.05, 0) is 6.92 Å². The molecule has 0 N–H and O–H groups in total. The Balaban J connectivity index is 2.16. The highest BCUT2D eigenvalue weighted by Gasteiger charge is 2.18. The molecule has 0 aromatic rings. The normalized spacial score (nSPS) is 22.8. The van der Waals surface area contributed by atoms with Gasteiger partial charge in [0, 0.05) is 44.5 Å². The molecule has 2 aliphatic rings. The molecule has 1 amide bonds. The molecule has 0 spiro atoms. The van der Waals surface area contributed by atoms with E-state index < -0.39 is 0 Å². The van der Waals surface area contributed by atoms with Crippen LogP contribution in [0.2, 0.25) is 0 Å². The summed E-state index contributed by atoms with van der Waals surface area (Å²) in [4.78, 5) is 15.6. The minimum absolute atomic E-state index is 0.0540. The molecule has 0 bridgehead atoms. The number of nitrogens with zero attached hydrogens (tertiary/aromatic N) is 2. The van der Waals surface area contributed by atoms with E-state index in [1.165, 1.54) is 5.57 Å². The first kappa shape index (κ1) is 11.2. The quantitative estimate of drug-likeness (QED) is 0.662. The summed E-state index contributed by atoms with van der Waals surface area (Å²) in [5, 5.41) is 0. The lowest BCUT2D eigenvalue weighted by Crippen LogP contribution is -2.36. The number of ether oxygens (including phenoxy) is 1. The van der Waals surface area contributed by atoms with Crippen LogP contribution in [-0.2, 0) is 9.53 Å². The van der Waals surface area contributed by atoms with Crippen LogP contribution >= 0.6 is 0 Å². The summed E-state index contributed by atoms with van der Waals surface area (Å²) < 4.78 is 5.32. The van der Waals surface area contributed by atoms with Crippen LogP contribution in [0.25, 0.3) is 0 Å². The van der Waals surface area contributed by atoms with Crippen molar-refractivity contribution in [3.8, 4) is 0 Å². The molecule has 0 saturated carbocycles. The van der Waals surface area contributed by atoms with Crippen LogP contribution in [0.5, 0.6) is 0 Å². The Morgan fingerprint density at radius 1 is 1.31 bits per heavy atom. The van der Waals surface area contributed by atoms with Gasteiger partial charge >= 0.3 is 0 Å². The number of carbonyl (C=O) groups excluding carboxylic acids is 1. The summed E-state index contributed by atoms with van der Waals surface area (Å²) in [6.45, 7) is 5.34. The van der Waals surface area contributed by atoms with E-state index in [4.69, 9.17) is 4.74 Å². The smallest absolute Gasteiger partial charge is 0.251 e. The molecule has 88 valence electrons. The average Bonchev–Trinajstić information content (AvgIpc) is 2.40. The van der Waals surface area contributed by atoms with Crippen LogP contribution in [0, 0.1) is 0 Å². The first-order chi connectivity index (χ1) is 7.66. The van der Waals surface area contributed by atoms with Crippen molar-refractivity contribution in [2.75, 3.05) is 33.4 Å². The van der Waals surface area contributed by atoms with E-state index in [-0.39, 0.29) is 5.91 Å². The molecule has 0 aromatic carbocycles. The molecule has 2 heterocycles. The molecule has 1 fully saturated rings. The Morgan fingerprint density at radius 3 is 2.69 bits per heavy atom. The number of hydrogen-bond donors (Lipinski definition) is 0. The van der Waals surface area contributed by atoms with E-state index in [1.54, 1.807) is 18.0 Å². The van der Waals surface area contributed by atoms with Gasteiger partial charge in [0.15, 0.2) is 0 Å². The number of rotatable bonds is 1. The van der Waals surface area contributed by atoms with Crippen LogP contribution < -0.4 is 0 Å². The molecule has 2 aliphatic heterocycles. The Hall–Kier alpha value is -1.29. The molecule has 0 aromatic heterocycles. The van der Waals surface area contributed by atoms with Crippen molar-refractivity contribution in [3.05, 3.63) is 23.5 Å². The fourth-order valence-corrected chi connectivity index (χ4v) is 2.07. The van der Waals surface area contributed by atoms with Crippen LogP contribution in [-0.4, -0.2) is 49.1 Å². The largest absolute Gasteiger partial charge is 0.378 e. The molecule has 0 aliphatic carbocycles. The number of likely N-dealkylation sites (N-methyl/N-ethyl adjacent to an activating group) is 1. The van der Waals surface area contributed by atoms with E-state index in [0.29, 0.717) is 0 Å². The lowest BCUT2D eigenvalue weighted by atomic mass is 10.1. The minimum Gasteiger partial charge on any atom is -0.378 e. The highest BCUT2D eigenvalue weighted by molar-refractivity contribution is 5.89. The van der Waals surface area contributed by atoms with E-state index in [9.17, 15) is 4.79 Å². The summed E-state index contributed by atoms with van der Waals surface area (Å²) in [6, 6.07) is 0. The fourth-order valence-electron chi connectivity index (χ4n) is 2.07. The molecule has 1 saturated heterocycles. The molecular formula is C12H18N2O2. The zero-order valence-electron chi connectivity index (χ0n) is 9.90. The first-order valence-electron chi connectivity index (χ1n) is 5.64. The van der Waals surface area contributed by atoms with E-state index >= 15 is 0 Å². The van der Waals surface area contributed by atoms with Gasteiger partial charge in [-0.15, -0.1) is 0 Å². The van der Waals surface area contributed by atoms with Gasteiger partial charge in [-0.2, -0.15) is 0 Å². The zero-order chi connectivity index (χ0) is 11.5. The molecule has 4 heteroatoms. The highest BCUT2D eigenvalue weighted by atomic mass is 16.5. The van der Waals surface area contributed by atoms with E-state index in [2.05, 4.69) is 11.8 Å². The van der Waals surface area contributed by atoms with Crippen molar-refractivity contribution >= 4 is 5.91 Å². The van der Waals surface area contributed by atoms with Gasteiger partial charge in [-0.1, -0.05) is 5.57 Å². The second-order valence-corrected chi connectivity index (χ2v) is 4.34. The van der Waals surface area contributed by atoms with Gasteiger partial charge in [-0.25, -0.2) is 0 Å². The average molecular weight is 222 g/mol. The number of hydrogen-bond acceptors (Lipinski definition) is 3. The standard InChI is InChI=1S/C12H18N2O2/c1-10-7-11(8-12(15)13(2)9-10)14-3-5-16-6-4-14/h8-9H,3-7H2,1-2H3. The third-order valence-corrected chi connectivity index (χ3v) is 2.93. The van der Waals surface area contributed by atoms with Crippen LogP contribution in [0.4, 0.5) is 0 Å². The molecule has 0 radical (unpaired) electrons. The van der Waals surface area contributed by atoms with Crippen molar-refractivity contribution in [3.63, 3.8) is 0 Å². The van der Waals surface area contributed by atoms with Gasteiger partial charge in [0.1, 0.15) is 0 Å². The van der Waals surface area contributed by atoms with Crippen LogP contribution in [0.3, 0.4) is 0 Å². The summed E-state index contributed by atoms with van der Waals surface area (Å²) in [5.41, 5.74) is 2.33. The minimum atomic E-state index is 0.0540. The second-order valence-electron chi connectivity index (χ2n) is 4.34. The predicted molar refractivity (Wildman–Crippen MR) is 61.6 cm³/mol. The van der Waals surface area contributed by atoms with Crippen molar-refractivity contribution in [2.45, 2.75) is 13.3 Å². The summed E-state index contributed by atoms with van der Waals surface area (Å²) in [6.07, 6.45) is 4.51. The molecule has 16 heavy (non-hydrogen) atoms. The molecular weight excluding hydrogens is 204 g/mol. The van der Waals surface area contributed by atoms with Gasteiger partial charge in [0.2, 0.25) is 0 Å². The van der Waals surface area contributed by atoms with Gasteiger partial charge < -0.3 is 14.5 Å². The Labute approximate surface area is 96.2 Å². The Bertz CT molecular complexity index is 341. The summed E-state index contributed by atoms with van der Waals surface area (Å²) in [5.74, 6) is 0.0540. The van der Waals surface area contributed by atoms with Gasteiger partial charge in [0.25, 0.3) is 5.91 Å². The van der Waals surface area contributed by atoms with Gasteiger partial charge in [-0.3, -0.25) is 4.79 Å². The van der Waals surface area contributed by atoms with Crippen molar-refractivity contribution in [2.24, 2.45) is 0 Å². The summed E-state index contributed by atoms with van der Waals surface area (Å²) in [7, 11) is 1.80. The molecule has 2 rings (SSSR count). The van der Waals surface area contributed by atoms with Gasteiger partial charge in [0.05, 0.1) is 13.2 Å². The fraction of sp³-hybridized carbons (Fsp3) is 0.583. The monoisotopic (exact) mass is 222 g/mol. The number of carbonyl (C=O) groups is 1. The maximum atomic E-state index is 11.8. The molecule has 4 nitrogen and oxygen atoms in total. The topological polar surface area (TPSA) is 32.8 Å². The number of amides is 1. The molecule has 0 atom stereocenters.